The number of piperazine rings is 1. The Morgan fingerprint density at radius 1 is 1.03 bits per heavy atom. The van der Waals surface area contributed by atoms with Crippen molar-refractivity contribution < 1.29 is 18.0 Å². The van der Waals surface area contributed by atoms with Crippen molar-refractivity contribution >= 4 is 22.0 Å². The van der Waals surface area contributed by atoms with Crippen LogP contribution >= 0.6 is 0 Å². The van der Waals surface area contributed by atoms with Gasteiger partial charge in [-0.1, -0.05) is 32.9 Å². The summed E-state index contributed by atoms with van der Waals surface area (Å²) < 4.78 is 27.1. The van der Waals surface area contributed by atoms with Crippen LogP contribution in [0.2, 0.25) is 0 Å². The van der Waals surface area contributed by atoms with Crippen LogP contribution in [0.5, 0.6) is 0 Å². The fraction of sp³-hybridized carbons (Fsp3) is 0.600. The first kappa shape index (κ1) is 23.3. The molecule has 0 radical (unpaired) electrons. The van der Waals surface area contributed by atoms with Crippen molar-refractivity contribution in [1.82, 2.24) is 19.8 Å². The van der Waals surface area contributed by atoms with Crippen molar-refractivity contribution in [3.05, 3.63) is 29.8 Å². The van der Waals surface area contributed by atoms with Crippen LogP contribution in [0.1, 0.15) is 45.6 Å². The van der Waals surface area contributed by atoms with Crippen LogP contribution in [-0.2, 0) is 14.8 Å². The van der Waals surface area contributed by atoms with E-state index in [0.717, 1.165) is 12.0 Å². The summed E-state index contributed by atoms with van der Waals surface area (Å²) in [6, 6.07) is 6.49. The highest BCUT2D eigenvalue weighted by Gasteiger charge is 2.29. The summed E-state index contributed by atoms with van der Waals surface area (Å²) in [5.41, 5.74) is 1.09. The molecule has 0 saturated carbocycles. The number of rotatable bonds is 7. The third-order valence-electron chi connectivity index (χ3n) is 5.13. The van der Waals surface area contributed by atoms with Crippen LogP contribution in [-0.4, -0.2) is 68.3 Å². The van der Waals surface area contributed by atoms with E-state index in [0.29, 0.717) is 32.1 Å². The van der Waals surface area contributed by atoms with E-state index >= 15 is 0 Å². The number of sulfonamides is 1. The van der Waals surface area contributed by atoms with Gasteiger partial charge in [0.05, 0.1) is 11.4 Å². The topological polar surface area (TPSA) is 98.8 Å². The predicted molar refractivity (Wildman–Crippen MR) is 112 cm³/mol. The van der Waals surface area contributed by atoms with E-state index in [1.165, 1.54) is 4.31 Å². The standard InChI is InChI=1S/C20H32N4O4S/c1-5-16(4)21-20(26)22-19(25)14-23-10-12-24(13-11-23)29(27,28)18-8-6-17(7-9-18)15(2)3/h6-9,15-16H,5,10-14H2,1-4H3,(H2,21,22,25,26)/t16-/m1/s1. The van der Waals surface area contributed by atoms with E-state index < -0.39 is 22.0 Å². The summed E-state index contributed by atoms with van der Waals surface area (Å²) in [5.74, 6) is -0.0555. The highest BCUT2D eigenvalue weighted by atomic mass is 32.2. The molecular weight excluding hydrogens is 392 g/mol. The molecule has 2 rings (SSSR count). The maximum absolute atomic E-state index is 12.8. The summed E-state index contributed by atoms with van der Waals surface area (Å²) in [7, 11) is -3.55. The predicted octanol–water partition coefficient (Wildman–Crippen LogP) is 1.74. The van der Waals surface area contributed by atoms with Gasteiger partial charge in [0.25, 0.3) is 0 Å². The lowest BCUT2D eigenvalue weighted by molar-refractivity contribution is -0.121. The molecule has 1 aromatic carbocycles. The molecule has 1 fully saturated rings. The third-order valence-corrected chi connectivity index (χ3v) is 7.04. The number of hydrogen-bond donors (Lipinski definition) is 2. The fourth-order valence-corrected chi connectivity index (χ4v) is 4.46. The van der Waals surface area contributed by atoms with Gasteiger partial charge in [-0.05, 0) is 37.0 Å². The van der Waals surface area contributed by atoms with E-state index in [1.54, 1.807) is 12.1 Å². The van der Waals surface area contributed by atoms with Crippen molar-refractivity contribution in [2.45, 2.75) is 51.0 Å². The first-order valence-electron chi connectivity index (χ1n) is 10.1. The molecule has 1 atom stereocenters. The Morgan fingerprint density at radius 2 is 1.62 bits per heavy atom. The Kier molecular flexibility index (Phi) is 8.18. The van der Waals surface area contributed by atoms with E-state index in [4.69, 9.17) is 0 Å². The largest absolute Gasteiger partial charge is 0.335 e. The number of carbonyl (C=O) groups is 2. The summed E-state index contributed by atoms with van der Waals surface area (Å²) in [6.45, 7) is 9.47. The number of urea groups is 1. The van der Waals surface area contributed by atoms with Gasteiger partial charge in [-0.15, -0.1) is 0 Å². The van der Waals surface area contributed by atoms with Gasteiger partial charge in [0.15, 0.2) is 0 Å². The average molecular weight is 425 g/mol. The molecule has 8 nitrogen and oxygen atoms in total. The van der Waals surface area contributed by atoms with Crippen LogP contribution in [0.25, 0.3) is 0 Å². The molecule has 1 aliphatic rings. The summed E-state index contributed by atoms with van der Waals surface area (Å²) in [4.78, 5) is 25.9. The minimum absolute atomic E-state index is 0.00819. The molecule has 1 saturated heterocycles. The lowest BCUT2D eigenvalue weighted by atomic mass is 10.0. The Balaban J connectivity index is 1.86. The van der Waals surface area contributed by atoms with Crippen LogP contribution in [0.4, 0.5) is 4.79 Å². The Labute approximate surface area is 173 Å². The lowest BCUT2D eigenvalue weighted by Crippen LogP contribution is -2.52. The maximum Gasteiger partial charge on any atom is 0.321 e. The van der Waals surface area contributed by atoms with Gasteiger partial charge in [0, 0.05) is 32.2 Å². The highest BCUT2D eigenvalue weighted by Crippen LogP contribution is 2.21. The maximum atomic E-state index is 12.8. The van der Waals surface area contributed by atoms with E-state index in [2.05, 4.69) is 24.5 Å². The number of imide groups is 1. The zero-order valence-electron chi connectivity index (χ0n) is 17.6. The molecule has 2 N–H and O–H groups in total. The first-order valence-corrected chi connectivity index (χ1v) is 11.5. The molecule has 0 spiro atoms. The quantitative estimate of drug-likeness (QED) is 0.695. The van der Waals surface area contributed by atoms with Crippen LogP contribution < -0.4 is 10.6 Å². The first-order chi connectivity index (χ1) is 13.6. The van der Waals surface area contributed by atoms with E-state index in [-0.39, 0.29) is 17.5 Å². The molecule has 29 heavy (non-hydrogen) atoms. The van der Waals surface area contributed by atoms with Crippen molar-refractivity contribution in [3.8, 4) is 0 Å². The molecule has 9 heteroatoms. The number of hydrogen-bond acceptors (Lipinski definition) is 5. The minimum Gasteiger partial charge on any atom is -0.335 e. The molecule has 162 valence electrons. The van der Waals surface area contributed by atoms with Gasteiger partial charge in [-0.2, -0.15) is 4.31 Å². The normalized spacial score (nSPS) is 17.1. The summed E-state index contributed by atoms with van der Waals surface area (Å²) >= 11 is 0. The van der Waals surface area contributed by atoms with Gasteiger partial charge in [0.2, 0.25) is 15.9 Å². The number of amides is 3. The summed E-state index contributed by atoms with van der Waals surface area (Å²) in [6.07, 6.45) is 0.776. The monoisotopic (exact) mass is 424 g/mol. The lowest BCUT2D eigenvalue weighted by Gasteiger charge is -2.33. The second-order valence-electron chi connectivity index (χ2n) is 7.73. The fourth-order valence-electron chi connectivity index (χ4n) is 3.03. The smallest absolute Gasteiger partial charge is 0.321 e. The zero-order chi connectivity index (χ0) is 21.6. The van der Waals surface area contributed by atoms with E-state index in [9.17, 15) is 18.0 Å². The van der Waals surface area contributed by atoms with Crippen molar-refractivity contribution in [2.24, 2.45) is 0 Å². The molecule has 3 amide bonds. The van der Waals surface area contributed by atoms with Gasteiger partial charge in [-0.25, -0.2) is 13.2 Å². The SMILES string of the molecule is CC[C@@H](C)NC(=O)NC(=O)CN1CCN(S(=O)(=O)c2ccc(C(C)C)cc2)CC1. The molecule has 1 aromatic rings. The van der Waals surface area contributed by atoms with Crippen LogP contribution in [0.3, 0.4) is 0 Å². The van der Waals surface area contributed by atoms with Gasteiger partial charge in [0.1, 0.15) is 0 Å². The Bertz CT molecular complexity index is 800. The summed E-state index contributed by atoms with van der Waals surface area (Å²) in [5, 5.41) is 4.99. The van der Waals surface area contributed by atoms with Gasteiger partial charge in [-0.3, -0.25) is 15.0 Å². The molecule has 0 aromatic heterocycles. The number of benzene rings is 1. The molecule has 1 aliphatic heterocycles. The molecule has 1 heterocycles. The Hall–Kier alpha value is -1.97. The van der Waals surface area contributed by atoms with Crippen molar-refractivity contribution in [3.63, 3.8) is 0 Å². The van der Waals surface area contributed by atoms with E-state index in [1.807, 2.05) is 30.9 Å². The van der Waals surface area contributed by atoms with Crippen LogP contribution in [0.15, 0.2) is 29.2 Å². The number of carbonyl (C=O) groups excluding carboxylic acids is 2. The average Bonchev–Trinajstić information content (AvgIpc) is 2.68. The van der Waals surface area contributed by atoms with Crippen molar-refractivity contribution in [2.75, 3.05) is 32.7 Å². The van der Waals surface area contributed by atoms with Gasteiger partial charge < -0.3 is 5.32 Å². The second-order valence-corrected chi connectivity index (χ2v) is 9.67. The second kappa shape index (κ2) is 10.2. The number of nitrogens with one attached hydrogen (secondary N) is 2. The Morgan fingerprint density at radius 3 is 2.14 bits per heavy atom. The number of nitrogens with zero attached hydrogens (tertiary/aromatic N) is 2. The van der Waals surface area contributed by atoms with Crippen molar-refractivity contribution in [1.29, 1.82) is 0 Å². The molecular formula is C20H32N4O4S. The molecule has 0 unspecified atom stereocenters. The molecule has 0 bridgehead atoms. The van der Waals surface area contributed by atoms with Crippen LogP contribution in [0, 0.1) is 0 Å². The molecule has 0 aliphatic carbocycles. The van der Waals surface area contributed by atoms with Gasteiger partial charge >= 0.3 is 6.03 Å². The highest BCUT2D eigenvalue weighted by molar-refractivity contribution is 7.89. The minimum atomic E-state index is -3.55. The third kappa shape index (κ3) is 6.52. The zero-order valence-corrected chi connectivity index (χ0v) is 18.5.